The molecule has 12 heavy (non-hydrogen) atoms. The fourth-order valence-electron chi connectivity index (χ4n) is 1.21. The summed E-state index contributed by atoms with van der Waals surface area (Å²) >= 11 is 0. The first-order chi connectivity index (χ1) is 5.38. The molecule has 0 saturated carbocycles. The van der Waals surface area contributed by atoms with Gasteiger partial charge in [0.2, 0.25) is 0 Å². The molecule has 2 aromatic carbocycles. The van der Waals surface area contributed by atoms with Gasteiger partial charge in [0.1, 0.15) is 5.75 Å². The van der Waals surface area contributed by atoms with Gasteiger partial charge in [0.25, 0.3) is 0 Å². The Kier molecular flexibility index (Phi) is 2.31. The van der Waals surface area contributed by atoms with Crippen molar-refractivity contribution in [2.24, 2.45) is 0 Å². The van der Waals surface area contributed by atoms with Crippen LogP contribution in [0.15, 0.2) is 42.5 Å². The molecule has 0 fully saturated rings. The second-order valence-electron chi connectivity index (χ2n) is 2.50. The zero-order chi connectivity index (χ0) is 7.68. The van der Waals surface area contributed by atoms with Crippen molar-refractivity contribution in [3.8, 4) is 5.75 Å². The number of aromatic hydroxyl groups is 1. The minimum atomic E-state index is 0. The van der Waals surface area contributed by atoms with Gasteiger partial charge in [-0.2, -0.15) is 0 Å². The third kappa shape index (κ3) is 1.24. The van der Waals surface area contributed by atoms with Gasteiger partial charge in [-0.3, -0.25) is 5.48 Å². The maximum Gasteiger partial charge on any atom is 0.123 e. The summed E-state index contributed by atoms with van der Waals surface area (Å²) < 4.78 is 0. The molecule has 0 bridgehead atoms. The van der Waals surface area contributed by atoms with Crippen LogP contribution in [0.2, 0.25) is 0 Å². The first-order valence-corrected chi connectivity index (χ1v) is 3.54. The molecule has 0 amide bonds. The van der Waals surface area contributed by atoms with E-state index in [0.29, 0.717) is 5.75 Å². The monoisotopic (exact) mass is 161 g/mol. The standard InChI is InChI=1S/C10H8O.HO/c11-10-7-3-5-8-4-1-2-6-9(8)10;/h1-7,11H;1H. The van der Waals surface area contributed by atoms with E-state index < -0.39 is 0 Å². The third-order valence-corrected chi connectivity index (χ3v) is 1.77. The zero-order valence-electron chi connectivity index (χ0n) is 6.44. The molecule has 0 unspecified atom stereocenters. The average Bonchev–Trinajstić information content (AvgIpc) is 2.06. The van der Waals surface area contributed by atoms with Crippen molar-refractivity contribution in [3.05, 3.63) is 42.5 Å². The molecule has 0 aliphatic carbocycles. The molecule has 0 aromatic heterocycles. The molecule has 0 saturated heterocycles. The molecule has 0 aliphatic heterocycles. The lowest BCUT2D eigenvalue weighted by atomic mass is 10.1. The highest BCUT2D eigenvalue weighted by Crippen LogP contribution is 2.22. The van der Waals surface area contributed by atoms with Crippen molar-refractivity contribution in [3.63, 3.8) is 0 Å². The van der Waals surface area contributed by atoms with Crippen LogP contribution in [0.5, 0.6) is 5.75 Å². The zero-order valence-corrected chi connectivity index (χ0v) is 6.44. The average molecular weight is 161 g/mol. The fourth-order valence-corrected chi connectivity index (χ4v) is 1.21. The van der Waals surface area contributed by atoms with Gasteiger partial charge in [-0.05, 0) is 11.5 Å². The van der Waals surface area contributed by atoms with Crippen molar-refractivity contribution in [1.29, 1.82) is 0 Å². The van der Waals surface area contributed by atoms with Crippen LogP contribution < -0.4 is 0 Å². The Morgan fingerprint density at radius 3 is 2.25 bits per heavy atom. The highest BCUT2D eigenvalue weighted by atomic mass is 16.3. The van der Waals surface area contributed by atoms with Gasteiger partial charge >= 0.3 is 0 Å². The van der Waals surface area contributed by atoms with E-state index in [1.807, 2.05) is 36.4 Å². The van der Waals surface area contributed by atoms with E-state index >= 15 is 0 Å². The van der Waals surface area contributed by atoms with Crippen LogP contribution in [0, 0.1) is 0 Å². The van der Waals surface area contributed by atoms with E-state index in [1.54, 1.807) is 6.07 Å². The van der Waals surface area contributed by atoms with Gasteiger partial charge in [-0.1, -0.05) is 36.4 Å². The van der Waals surface area contributed by atoms with Crippen LogP contribution in [0.3, 0.4) is 0 Å². The summed E-state index contributed by atoms with van der Waals surface area (Å²) in [4.78, 5) is 0. The number of fused-ring (bicyclic) bond motifs is 1. The normalized spacial score (nSPS) is 9.33. The lowest BCUT2D eigenvalue weighted by Gasteiger charge is -1.97. The van der Waals surface area contributed by atoms with Crippen LogP contribution in [-0.4, -0.2) is 10.6 Å². The Bertz CT molecular complexity index is 377. The molecule has 2 N–H and O–H groups in total. The van der Waals surface area contributed by atoms with Crippen molar-refractivity contribution in [1.82, 2.24) is 0 Å². The molecule has 1 radical (unpaired) electrons. The number of rotatable bonds is 0. The lowest BCUT2D eigenvalue weighted by molar-refractivity contribution is 0.481. The van der Waals surface area contributed by atoms with Gasteiger partial charge in [0.05, 0.1) is 0 Å². The predicted molar refractivity (Wildman–Crippen MR) is 47.5 cm³/mol. The van der Waals surface area contributed by atoms with Gasteiger partial charge in [0, 0.05) is 5.39 Å². The van der Waals surface area contributed by atoms with E-state index in [-0.39, 0.29) is 5.48 Å². The maximum absolute atomic E-state index is 9.37. The second kappa shape index (κ2) is 3.24. The summed E-state index contributed by atoms with van der Waals surface area (Å²) in [5.41, 5.74) is 0. The Morgan fingerprint density at radius 1 is 0.833 bits per heavy atom. The highest BCUT2D eigenvalue weighted by molar-refractivity contribution is 5.87. The molecule has 61 valence electrons. The van der Waals surface area contributed by atoms with Crippen molar-refractivity contribution in [2.45, 2.75) is 0 Å². The van der Waals surface area contributed by atoms with Crippen LogP contribution in [-0.2, 0) is 0 Å². The van der Waals surface area contributed by atoms with Crippen LogP contribution in [0.4, 0.5) is 0 Å². The summed E-state index contributed by atoms with van der Waals surface area (Å²) in [5, 5.41) is 11.4. The topological polar surface area (TPSA) is 50.2 Å². The molecular formula is C10H9O2. The smallest absolute Gasteiger partial charge is 0.123 e. The molecule has 0 spiro atoms. The Morgan fingerprint density at radius 2 is 1.50 bits per heavy atom. The lowest BCUT2D eigenvalue weighted by Crippen LogP contribution is -1.70. The van der Waals surface area contributed by atoms with Gasteiger partial charge in [-0.25, -0.2) is 0 Å². The Labute approximate surface area is 70.4 Å². The first-order valence-electron chi connectivity index (χ1n) is 3.54. The van der Waals surface area contributed by atoms with Crippen LogP contribution >= 0.6 is 0 Å². The molecule has 0 heterocycles. The Balaban J connectivity index is 0.000000720. The molecule has 2 heteroatoms. The van der Waals surface area contributed by atoms with Crippen molar-refractivity contribution in [2.75, 3.05) is 0 Å². The third-order valence-electron chi connectivity index (χ3n) is 1.77. The molecule has 2 nitrogen and oxygen atoms in total. The van der Waals surface area contributed by atoms with E-state index in [1.165, 1.54) is 0 Å². The number of hydrogen-bond donors (Lipinski definition) is 2. The first kappa shape index (κ1) is 8.56. The molecule has 0 aliphatic rings. The SMILES string of the molecule is Oc1cccc2ccccc12.[OH]. The minimum absolute atomic E-state index is 0. The minimum Gasteiger partial charge on any atom is -0.507 e. The predicted octanol–water partition coefficient (Wildman–Crippen LogP) is 2.37. The Hall–Kier alpha value is -1.54. The van der Waals surface area contributed by atoms with Crippen molar-refractivity contribution < 1.29 is 10.6 Å². The summed E-state index contributed by atoms with van der Waals surface area (Å²) in [6, 6.07) is 13.3. The number of hydrogen-bond acceptors (Lipinski definition) is 1. The number of benzene rings is 2. The maximum atomic E-state index is 9.37. The summed E-state index contributed by atoms with van der Waals surface area (Å²) in [5.74, 6) is 0.350. The fraction of sp³-hybridized carbons (Fsp3) is 0. The van der Waals surface area contributed by atoms with Crippen LogP contribution in [0.25, 0.3) is 10.8 Å². The highest BCUT2D eigenvalue weighted by Gasteiger charge is 1.94. The number of phenolic OH excluding ortho intramolecular Hbond substituents is 1. The van der Waals surface area contributed by atoms with Gasteiger partial charge in [0.15, 0.2) is 0 Å². The van der Waals surface area contributed by atoms with E-state index in [4.69, 9.17) is 0 Å². The molecule has 2 aromatic rings. The largest absolute Gasteiger partial charge is 0.507 e. The van der Waals surface area contributed by atoms with Crippen LogP contribution in [0.1, 0.15) is 0 Å². The molecular weight excluding hydrogens is 152 g/mol. The molecule has 2 rings (SSSR count). The second-order valence-corrected chi connectivity index (χ2v) is 2.50. The van der Waals surface area contributed by atoms with Gasteiger partial charge < -0.3 is 5.11 Å². The van der Waals surface area contributed by atoms with E-state index in [2.05, 4.69) is 0 Å². The molecule has 0 atom stereocenters. The number of phenols is 1. The van der Waals surface area contributed by atoms with Gasteiger partial charge in [-0.15, -0.1) is 0 Å². The van der Waals surface area contributed by atoms with E-state index in [0.717, 1.165) is 10.8 Å². The van der Waals surface area contributed by atoms with Crippen molar-refractivity contribution >= 4 is 10.8 Å². The summed E-state index contributed by atoms with van der Waals surface area (Å²) in [7, 11) is 0. The summed E-state index contributed by atoms with van der Waals surface area (Å²) in [6.07, 6.45) is 0. The van der Waals surface area contributed by atoms with E-state index in [9.17, 15) is 5.11 Å². The summed E-state index contributed by atoms with van der Waals surface area (Å²) in [6.45, 7) is 0. The quantitative estimate of drug-likeness (QED) is 0.612.